The van der Waals surface area contributed by atoms with Crippen LogP contribution >= 0.6 is 0 Å². The van der Waals surface area contributed by atoms with Crippen LogP contribution in [0.5, 0.6) is 23.0 Å². The molecule has 10 nitrogen and oxygen atoms in total. The molecule has 2 aliphatic heterocycles. The molecule has 226 valence electrons. The molecule has 0 aliphatic carbocycles. The zero-order valence-corrected chi connectivity index (χ0v) is 24.1. The zero-order valence-electron chi connectivity index (χ0n) is 24.1. The summed E-state index contributed by atoms with van der Waals surface area (Å²) in [7, 11) is 0. The van der Waals surface area contributed by atoms with Crippen molar-refractivity contribution in [1.29, 1.82) is 0 Å². The van der Waals surface area contributed by atoms with Crippen LogP contribution in [0.1, 0.15) is 57.8 Å². The monoisotopic (exact) mass is 590 g/mol. The normalized spacial score (nSPS) is 16.2. The molecule has 0 radical (unpaired) electrons. The van der Waals surface area contributed by atoms with E-state index in [4.69, 9.17) is 28.4 Å². The molecule has 43 heavy (non-hydrogen) atoms. The molecule has 2 heterocycles. The molecule has 0 amide bonds. The zero-order chi connectivity index (χ0) is 30.5. The van der Waals surface area contributed by atoms with Crippen LogP contribution in [-0.2, 0) is 9.47 Å². The largest absolute Gasteiger partial charge is 0.493 e. The summed E-state index contributed by atoms with van der Waals surface area (Å²) in [5, 5.41) is 9.73. The number of hydrogen-bond acceptors (Lipinski definition) is 9. The minimum Gasteiger partial charge on any atom is -0.493 e. The van der Waals surface area contributed by atoms with Crippen molar-refractivity contribution in [1.82, 2.24) is 0 Å². The second-order valence-corrected chi connectivity index (χ2v) is 11.1. The fourth-order valence-corrected chi connectivity index (χ4v) is 4.56. The fraction of sp³-hybridized carbons (Fsp3) is 0.364. The second-order valence-electron chi connectivity index (χ2n) is 11.1. The van der Waals surface area contributed by atoms with E-state index in [9.17, 15) is 19.5 Å². The highest BCUT2D eigenvalue weighted by Gasteiger charge is 2.38. The first kappa shape index (κ1) is 30.1. The van der Waals surface area contributed by atoms with Crippen LogP contribution in [0.25, 0.3) is 0 Å². The van der Waals surface area contributed by atoms with Crippen molar-refractivity contribution in [3.63, 3.8) is 0 Å². The van der Waals surface area contributed by atoms with Gasteiger partial charge in [0.05, 0.1) is 61.6 Å². The number of aromatic carboxylic acids is 1. The number of hydrogen-bond donors (Lipinski definition) is 1. The van der Waals surface area contributed by atoms with Gasteiger partial charge in [0.15, 0.2) is 0 Å². The summed E-state index contributed by atoms with van der Waals surface area (Å²) in [5.41, 5.74) is 0.196. The lowest BCUT2D eigenvalue weighted by atomic mass is 9.84. The van der Waals surface area contributed by atoms with E-state index in [0.29, 0.717) is 51.1 Å². The van der Waals surface area contributed by atoms with Gasteiger partial charge in [0.2, 0.25) is 0 Å². The predicted molar refractivity (Wildman–Crippen MR) is 154 cm³/mol. The Balaban J connectivity index is 1.18. The summed E-state index contributed by atoms with van der Waals surface area (Å²) >= 11 is 0. The molecule has 3 aromatic carbocycles. The molecule has 0 spiro atoms. The molecule has 0 unspecified atom stereocenters. The quantitative estimate of drug-likeness (QED) is 0.203. The Kier molecular flexibility index (Phi) is 8.98. The molecule has 10 heteroatoms. The third-order valence-corrected chi connectivity index (χ3v) is 8.00. The number of benzene rings is 3. The molecular formula is C33H34O10. The van der Waals surface area contributed by atoms with Gasteiger partial charge in [-0.3, -0.25) is 0 Å². The van der Waals surface area contributed by atoms with Crippen LogP contribution in [0, 0.1) is 10.8 Å². The highest BCUT2D eigenvalue weighted by atomic mass is 16.5. The maximum Gasteiger partial charge on any atom is 0.343 e. The molecule has 2 aliphatic rings. The molecule has 0 bridgehead atoms. The van der Waals surface area contributed by atoms with Crippen molar-refractivity contribution in [3.8, 4) is 23.0 Å². The lowest BCUT2D eigenvalue weighted by Crippen LogP contribution is -2.46. The van der Waals surface area contributed by atoms with E-state index in [0.717, 1.165) is 18.9 Å². The smallest absolute Gasteiger partial charge is 0.343 e. The van der Waals surface area contributed by atoms with E-state index in [-0.39, 0.29) is 39.0 Å². The van der Waals surface area contributed by atoms with Gasteiger partial charge < -0.3 is 33.5 Å². The highest BCUT2D eigenvalue weighted by molar-refractivity contribution is 5.96. The Bertz CT molecular complexity index is 1440. The van der Waals surface area contributed by atoms with Crippen molar-refractivity contribution < 1.29 is 47.9 Å². The van der Waals surface area contributed by atoms with Gasteiger partial charge in [-0.1, -0.05) is 13.8 Å². The summed E-state index contributed by atoms with van der Waals surface area (Å²) in [6.07, 6.45) is 1.90. The topological polar surface area (TPSA) is 127 Å². The van der Waals surface area contributed by atoms with Gasteiger partial charge in [-0.05, 0) is 79.6 Å². The first-order valence-corrected chi connectivity index (χ1v) is 14.2. The molecule has 0 saturated carbocycles. The van der Waals surface area contributed by atoms with Crippen LogP contribution in [-0.4, -0.2) is 62.7 Å². The van der Waals surface area contributed by atoms with Crippen LogP contribution in [0.2, 0.25) is 0 Å². The van der Waals surface area contributed by atoms with Crippen molar-refractivity contribution in [2.75, 3.05) is 39.6 Å². The Morgan fingerprint density at radius 2 is 1.12 bits per heavy atom. The molecule has 0 aromatic heterocycles. The lowest BCUT2D eigenvalue weighted by molar-refractivity contribution is -0.133. The average molecular weight is 591 g/mol. The first-order valence-electron chi connectivity index (χ1n) is 14.2. The Labute approximate surface area is 249 Å². The summed E-state index contributed by atoms with van der Waals surface area (Å²) < 4.78 is 33.1. The number of carbonyl (C=O) groups is 3. The SMILES string of the molecule is CCC1(COc2ccc(C(=O)Oc3ccc(OC(=O)c4ccc(OCC5(CC)COC5)cc4)c(C(=O)O)c3)cc2)COC1. The maximum absolute atomic E-state index is 12.8. The van der Waals surface area contributed by atoms with Crippen LogP contribution in [0.15, 0.2) is 66.7 Å². The standard InChI is InChI=1S/C33H34O10/c1-3-32(16-38-17-32)20-40-24-9-5-22(6-10-24)30(36)42-26-13-14-28(27(15-26)29(34)35)43-31(37)23-7-11-25(12-8-23)41-21-33(4-2)18-39-19-33/h5-15H,3-4,16-21H2,1-2H3,(H,34,35). The number of carboxylic acid groups (broad SMARTS) is 1. The lowest BCUT2D eigenvalue weighted by Gasteiger charge is -2.40. The highest BCUT2D eigenvalue weighted by Crippen LogP contribution is 2.33. The van der Waals surface area contributed by atoms with E-state index in [1.165, 1.54) is 12.1 Å². The van der Waals surface area contributed by atoms with Crippen LogP contribution in [0.4, 0.5) is 0 Å². The molecule has 0 atom stereocenters. The van der Waals surface area contributed by atoms with Gasteiger partial charge in [-0.2, -0.15) is 0 Å². The van der Waals surface area contributed by atoms with E-state index >= 15 is 0 Å². The van der Waals surface area contributed by atoms with Gasteiger partial charge in [-0.25, -0.2) is 14.4 Å². The van der Waals surface area contributed by atoms with Gasteiger partial charge in [-0.15, -0.1) is 0 Å². The molecule has 2 saturated heterocycles. The van der Waals surface area contributed by atoms with Crippen molar-refractivity contribution in [2.45, 2.75) is 26.7 Å². The van der Waals surface area contributed by atoms with E-state index in [2.05, 4.69) is 13.8 Å². The van der Waals surface area contributed by atoms with Crippen LogP contribution < -0.4 is 18.9 Å². The fourth-order valence-electron chi connectivity index (χ4n) is 4.56. The Hall–Kier alpha value is -4.41. The predicted octanol–water partition coefficient (Wildman–Crippen LogP) is 5.43. The van der Waals surface area contributed by atoms with Gasteiger partial charge in [0.25, 0.3) is 0 Å². The Morgan fingerprint density at radius 1 is 0.674 bits per heavy atom. The third-order valence-electron chi connectivity index (χ3n) is 8.00. The summed E-state index contributed by atoms with van der Waals surface area (Å²) in [6, 6.07) is 16.7. The average Bonchev–Trinajstić information content (AvgIpc) is 2.97. The molecule has 5 rings (SSSR count). The number of rotatable bonds is 13. The second kappa shape index (κ2) is 12.8. The number of esters is 2. The third kappa shape index (κ3) is 6.98. The van der Waals surface area contributed by atoms with Crippen LogP contribution in [0.3, 0.4) is 0 Å². The van der Waals surface area contributed by atoms with E-state index in [1.54, 1.807) is 48.5 Å². The summed E-state index contributed by atoms with van der Waals surface area (Å²) in [5.74, 6) is -1.75. The summed E-state index contributed by atoms with van der Waals surface area (Å²) in [4.78, 5) is 37.4. The summed E-state index contributed by atoms with van der Waals surface area (Å²) in [6.45, 7) is 7.90. The van der Waals surface area contributed by atoms with E-state index in [1.807, 2.05) is 0 Å². The van der Waals surface area contributed by atoms with E-state index < -0.39 is 17.9 Å². The van der Waals surface area contributed by atoms with Gasteiger partial charge in [0.1, 0.15) is 28.6 Å². The van der Waals surface area contributed by atoms with Gasteiger partial charge in [0, 0.05) is 0 Å². The number of carbonyl (C=O) groups excluding carboxylic acids is 2. The minimum atomic E-state index is -1.35. The molecule has 3 aromatic rings. The Morgan fingerprint density at radius 3 is 1.51 bits per heavy atom. The minimum absolute atomic E-state index is 0.0133. The van der Waals surface area contributed by atoms with Gasteiger partial charge >= 0.3 is 17.9 Å². The van der Waals surface area contributed by atoms with Crippen molar-refractivity contribution in [3.05, 3.63) is 83.4 Å². The molecular weight excluding hydrogens is 556 g/mol. The molecule has 2 fully saturated rings. The number of ether oxygens (including phenoxy) is 6. The number of carboxylic acids is 1. The first-order chi connectivity index (χ1) is 20.7. The maximum atomic E-state index is 12.8. The molecule has 1 N–H and O–H groups in total. The van der Waals surface area contributed by atoms with Crippen molar-refractivity contribution >= 4 is 17.9 Å². The van der Waals surface area contributed by atoms with Crippen molar-refractivity contribution in [2.24, 2.45) is 10.8 Å².